The van der Waals surface area contributed by atoms with Gasteiger partial charge in [0.15, 0.2) is 0 Å². The van der Waals surface area contributed by atoms with Crippen LogP contribution in [0, 0.1) is 13.8 Å². The highest BCUT2D eigenvalue weighted by Gasteiger charge is 2.08. The van der Waals surface area contributed by atoms with Crippen molar-refractivity contribution in [2.75, 3.05) is 7.05 Å². The molecule has 0 saturated carbocycles. The van der Waals surface area contributed by atoms with Crippen LogP contribution in [0.3, 0.4) is 0 Å². The van der Waals surface area contributed by atoms with Gasteiger partial charge in [0.2, 0.25) is 0 Å². The third-order valence-electron chi connectivity index (χ3n) is 3.70. The van der Waals surface area contributed by atoms with Crippen molar-refractivity contribution in [2.24, 2.45) is 0 Å². The summed E-state index contributed by atoms with van der Waals surface area (Å²) in [7, 11) is 2.06. The van der Waals surface area contributed by atoms with Crippen molar-refractivity contribution in [3.05, 3.63) is 65.0 Å². The molecule has 0 aliphatic heterocycles. The van der Waals surface area contributed by atoms with Gasteiger partial charge in [-0.15, -0.1) is 0 Å². The largest absolute Gasteiger partial charge is 0.317 e. The van der Waals surface area contributed by atoms with E-state index in [1.807, 2.05) is 12.4 Å². The number of nitrogens with one attached hydrogen (secondary N) is 1. The Bertz CT molecular complexity index is 514. The minimum absolute atomic E-state index is 0.518. The zero-order valence-corrected chi connectivity index (χ0v) is 12.7. The zero-order valence-electron chi connectivity index (χ0n) is 12.7. The van der Waals surface area contributed by atoms with Crippen molar-refractivity contribution in [3.63, 3.8) is 0 Å². The monoisotopic (exact) mass is 268 g/mol. The molecule has 0 aliphatic rings. The smallest absolute Gasteiger partial charge is 0.0270 e. The fraction of sp³-hybridized carbons (Fsp3) is 0.389. The van der Waals surface area contributed by atoms with Gasteiger partial charge >= 0.3 is 0 Å². The van der Waals surface area contributed by atoms with Gasteiger partial charge in [-0.05, 0) is 63.4 Å². The Morgan fingerprint density at radius 2 is 1.65 bits per heavy atom. The van der Waals surface area contributed by atoms with E-state index in [2.05, 4.69) is 61.5 Å². The van der Waals surface area contributed by atoms with E-state index >= 15 is 0 Å². The van der Waals surface area contributed by atoms with E-state index in [1.54, 1.807) is 0 Å². The van der Waals surface area contributed by atoms with E-state index < -0.39 is 0 Å². The number of benzene rings is 1. The molecule has 1 heterocycles. The average Bonchev–Trinajstić information content (AvgIpc) is 2.43. The maximum absolute atomic E-state index is 4.06. The molecular formula is C18H24N2. The summed E-state index contributed by atoms with van der Waals surface area (Å²) in [4.78, 5) is 4.06. The topological polar surface area (TPSA) is 24.9 Å². The molecule has 1 unspecified atom stereocenters. The molecule has 1 N–H and O–H groups in total. The van der Waals surface area contributed by atoms with Gasteiger partial charge in [0.25, 0.3) is 0 Å². The van der Waals surface area contributed by atoms with Crippen LogP contribution in [0.1, 0.15) is 28.7 Å². The zero-order chi connectivity index (χ0) is 14.4. The Balaban J connectivity index is 1.95. The minimum Gasteiger partial charge on any atom is -0.317 e. The molecule has 2 heteroatoms. The standard InChI is InChI=1S/C18H24N2/c1-14-10-15(2)12-17(11-14)13-18(19-3)5-4-16-6-8-20-9-7-16/h6-12,18-19H,4-5,13H2,1-3H3. The van der Waals surface area contributed by atoms with Crippen molar-refractivity contribution in [1.82, 2.24) is 10.3 Å². The van der Waals surface area contributed by atoms with Crippen LogP contribution < -0.4 is 5.32 Å². The molecule has 0 saturated heterocycles. The van der Waals surface area contributed by atoms with Crippen molar-refractivity contribution >= 4 is 0 Å². The summed E-state index contributed by atoms with van der Waals surface area (Å²) in [6.07, 6.45) is 7.07. The molecule has 2 nitrogen and oxygen atoms in total. The summed E-state index contributed by atoms with van der Waals surface area (Å²) in [5.41, 5.74) is 5.49. The predicted molar refractivity (Wildman–Crippen MR) is 85.0 cm³/mol. The lowest BCUT2D eigenvalue weighted by Gasteiger charge is -2.17. The van der Waals surface area contributed by atoms with Gasteiger partial charge in [-0.2, -0.15) is 0 Å². The van der Waals surface area contributed by atoms with Crippen LogP contribution in [0.4, 0.5) is 0 Å². The summed E-state index contributed by atoms with van der Waals surface area (Å²) in [5.74, 6) is 0. The Kier molecular flexibility index (Phi) is 5.31. The molecule has 2 aromatic rings. The molecule has 2 rings (SSSR count). The van der Waals surface area contributed by atoms with Gasteiger partial charge in [0.05, 0.1) is 0 Å². The lowest BCUT2D eigenvalue weighted by atomic mass is 9.97. The second-order valence-electron chi connectivity index (χ2n) is 5.58. The molecule has 0 fully saturated rings. The summed E-state index contributed by atoms with van der Waals surface area (Å²) < 4.78 is 0. The molecule has 20 heavy (non-hydrogen) atoms. The first-order valence-electron chi connectivity index (χ1n) is 7.30. The van der Waals surface area contributed by atoms with E-state index in [0.29, 0.717) is 6.04 Å². The normalized spacial score (nSPS) is 12.3. The number of pyridine rings is 1. The van der Waals surface area contributed by atoms with Crippen LogP contribution in [-0.4, -0.2) is 18.1 Å². The summed E-state index contributed by atoms with van der Waals surface area (Å²) >= 11 is 0. The fourth-order valence-corrected chi connectivity index (χ4v) is 2.71. The van der Waals surface area contributed by atoms with Crippen LogP contribution in [0.25, 0.3) is 0 Å². The van der Waals surface area contributed by atoms with Gasteiger partial charge in [0.1, 0.15) is 0 Å². The SMILES string of the molecule is CNC(CCc1ccncc1)Cc1cc(C)cc(C)c1. The first-order chi connectivity index (χ1) is 9.67. The minimum atomic E-state index is 0.518. The number of aromatic nitrogens is 1. The Hall–Kier alpha value is -1.67. The molecule has 0 radical (unpaired) electrons. The number of hydrogen-bond donors (Lipinski definition) is 1. The van der Waals surface area contributed by atoms with Crippen LogP contribution in [0.15, 0.2) is 42.7 Å². The highest BCUT2D eigenvalue weighted by Crippen LogP contribution is 2.13. The molecular weight excluding hydrogens is 244 g/mol. The Morgan fingerprint density at radius 3 is 2.25 bits per heavy atom. The molecule has 0 aliphatic carbocycles. The number of rotatable bonds is 6. The summed E-state index contributed by atoms with van der Waals surface area (Å²) in [6.45, 7) is 4.34. The number of nitrogens with zero attached hydrogens (tertiary/aromatic N) is 1. The van der Waals surface area contributed by atoms with Gasteiger partial charge < -0.3 is 5.32 Å². The Morgan fingerprint density at radius 1 is 1.00 bits per heavy atom. The van der Waals surface area contributed by atoms with Crippen LogP contribution >= 0.6 is 0 Å². The Labute approximate surface area is 122 Å². The highest BCUT2D eigenvalue weighted by molar-refractivity contribution is 5.29. The van der Waals surface area contributed by atoms with Crippen LogP contribution in [0.2, 0.25) is 0 Å². The van der Waals surface area contributed by atoms with E-state index in [-0.39, 0.29) is 0 Å². The lowest BCUT2D eigenvalue weighted by molar-refractivity contribution is 0.520. The maximum atomic E-state index is 4.06. The maximum Gasteiger partial charge on any atom is 0.0270 e. The molecule has 106 valence electrons. The van der Waals surface area contributed by atoms with Gasteiger partial charge in [-0.1, -0.05) is 29.3 Å². The van der Waals surface area contributed by atoms with Gasteiger partial charge in [-0.3, -0.25) is 4.98 Å². The third-order valence-corrected chi connectivity index (χ3v) is 3.70. The third kappa shape index (κ3) is 4.46. The van der Waals surface area contributed by atoms with E-state index in [4.69, 9.17) is 0 Å². The molecule has 0 spiro atoms. The van der Waals surface area contributed by atoms with E-state index in [1.165, 1.54) is 22.3 Å². The number of hydrogen-bond acceptors (Lipinski definition) is 2. The van der Waals surface area contributed by atoms with Gasteiger partial charge in [-0.25, -0.2) is 0 Å². The fourth-order valence-electron chi connectivity index (χ4n) is 2.71. The van der Waals surface area contributed by atoms with Crippen molar-refractivity contribution in [2.45, 2.75) is 39.2 Å². The van der Waals surface area contributed by atoms with Crippen LogP contribution in [0.5, 0.6) is 0 Å². The molecule has 0 bridgehead atoms. The first kappa shape index (κ1) is 14.7. The van der Waals surface area contributed by atoms with Gasteiger partial charge in [0, 0.05) is 18.4 Å². The molecule has 1 atom stereocenters. The average molecular weight is 268 g/mol. The van der Waals surface area contributed by atoms with Crippen LogP contribution in [-0.2, 0) is 12.8 Å². The lowest BCUT2D eigenvalue weighted by Crippen LogP contribution is -2.28. The second-order valence-corrected chi connectivity index (χ2v) is 5.58. The summed E-state index contributed by atoms with van der Waals surface area (Å²) in [5, 5.41) is 3.44. The second kappa shape index (κ2) is 7.20. The number of likely N-dealkylation sites (N-methyl/N-ethyl adjacent to an activating group) is 1. The van der Waals surface area contributed by atoms with Crippen molar-refractivity contribution < 1.29 is 0 Å². The predicted octanol–water partition coefficient (Wildman–Crippen LogP) is 3.46. The first-order valence-corrected chi connectivity index (χ1v) is 7.30. The quantitative estimate of drug-likeness (QED) is 0.868. The molecule has 1 aromatic carbocycles. The molecule has 1 aromatic heterocycles. The van der Waals surface area contributed by atoms with Crippen molar-refractivity contribution in [3.8, 4) is 0 Å². The van der Waals surface area contributed by atoms with E-state index in [9.17, 15) is 0 Å². The van der Waals surface area contributed by atoms with Crippen molar-refractivity contribution in [1.29, 1.82) is 0 Å². The molecule has 0 amide bonds. The number of aryl methyl sites for hydroxylation is 3. The highest BCUT2D eigenvalue weighted by atomic mass is 14.9. The summed E-state index contributed by atoms with van der Waals surface area (Å²) in [6, 6.07) is 11.5. The van der Waals surface area contributed by atoms with E-state index in [0.717, 1.165) is 19.3 Å².